The van der Waals surface area contributed by atoms with Gasteiger partial charge in [-0.1, -0.05) is 18.2 Å². The van der Waals surface area contributed by atoms with Crippen LogP contribution in [0, 0.1) is 5.41 Å². The van der Waals surface area contributed by atoms with Gasteiger partial charge in [0.1, 0.15) is 0 Å². The molecule has 3 aliphatic heterocycles. The number of hydrogen-bond donors (Lipinski definition) is 1. The molecule has 4 rings (SSSR count). The van der Waals surface area contributed by atoms with Crippen molar-refractivity contribution in [3.05, 3.63) is 30.3 Å². The van der Waals surface area contributed by atoms with Crippen LogP contribution in [0.4, 0.5) is 5.69 Å². The number of anilines is 1. The van der Waals surface area contributed by atoms with Gasteiger partial charge < -0.3 is 20.0 Å². The van der Waals surface area contributed by atoms with Gasteiger partial charge in [0, 0.05) is 51.5 Å². The van der Waals surface area contributed by atoms with Crippen LogP contribution >= 0.6 is 0 Å². The van der Waals surface area contributed by atoms with Gasteiger partial charge in [-0.3, -0.25) is 9.59 Å². The normalized spacial score (nSPS) is 24.4. The number of likely N-dealkylation sites (N-methyl/N-ethyl adjacent to an activating group) is 1. The van der Waals surface area contributed by atoms with Crippen LogP contribution in [0.2, 0.25) is 0 Å². The van der Waals surface area contributed by atoms with Crippen molar-refractivity contribution in [1.29, 1.82) is 0 Å². The van der Waals surface area contributed by atoms with Gasteiger partial charge in [0.05, 0.1) is 0 Å². The molecular formula is C21H30N4O2. The van der Waals surface area contributed by atoms with Crippen molar-refractivity contribution < 1.29 is 9.59 Å². The fourth-order valence-electron chi connectivity index (χ4n) is 4.79. The number of piperidine rings is 1. The monoisotopic (exact) mass is 370 g/mol. The summed E-state index contributed by atoms with van der Waals surface area (Å²) < 4.78 is 0. The Kier molecular flexibility index (Phi) is 5.08. The molecule has 0 saturated carbocycles. The standard InChI is InChI=1S/C21H30N4O2/c1-23(17-5-3-2-4-6-17)18-7-12-25(15-18)20(27)19(26)24-13-9-21(10-14-24)8-11-22-16-21/h2-6,18,22H,7-16H2,1H3. The van der Waals surface area contributed by atoms with Gasteiger partial charge >= 0.3 is 11.8 Å². The summed E-state index contributed by atoms with van der Waals surface area (Å²) in [4.78, 5) is 31.2. The zero-order valence-corrected chi connectivity index (χ0v) is 16.2. The van der Waals surface area contributed by atoms with Crippen molar-refractivity contribution in [2.45, 2.75) is 31.7 Å². The summed E-state index contributed by atoms with van der Waals surface area (Å²) in [5.74, 6) is -0.627. The smallest absolute Gasteiger partial charge is 0.312 e. The topological polar surface area (TPSA) is 55.9 Å². The predicted octanol–water partition coefficient (Wildman–Crippen LogP) is 1.33. The minimum absolute atomic E-state index is 0.262. The summed E-state index contributed by atoms with van der Waals surface area (Å²) in [6.45, 7) is 4.85. The molecule has 27 heavy (non-hydrogen) atoms. The molecule has 3 heterocycles. The van der Waals surface area contributed by atoms with E-state index in [0.29, 0.717) is 31.6 Å². The quantitative estimate of drug-likeness (QED) is 0.798. The van der Waals surface area contributed by atoms with Crippen LogP contribution in [0.1, 0.15) is 25.7 Å². The lowest BCUT2D eigenvalue weighted by molar-refractivity contribution is -0.152. The number of likely N-dealkylation sites (tertiary alicyclic amines) is 2. The Bertz CT molecular complexity index is 677. The van der Waals surface area contributed by atoms with E-state index in [0.717, 1.165) is 38.0 Å². The van der Waals surface area contributed by atoms with E-state index in [1.807, 2.05) is 18.2 Å². The van der Waals surface area contributed by atoms with Gasteiger partial charge in [-0.2, -0.15) is 0 Å². The third kappa shape index (κ3) is 3.68. The number of nitrogens with one attached hydrogen (secondary N) is 1. The predicted molar refractivity (Wildman–Crippen MR) is 106 cm³/mol. The Labute approximate surface area is 161 Å². The first-order valence-electron chi connectivity index (χ1n) is 10.1. The summed E-state index contributed by atoms with van der Waals surface area (Å²) in [7, 11) is 2.06. The maximum atomic E-state index is 12.8. The first kappa shape index (κ1) is 18.3. The van der Waals surface area contributed by atoms with Crippen molar-refractivity contribution >= 4 is 17.5 Å². The van der Waals surface area contributed by atoms with E-state index in [2.05, 4.69) is 29.4 Å². The van der Waals surface area contributed by atoms with Crippen LogP contribution in [0.3, 0.4) is 0 Å². The van der Waals surface area contributed by atoms with Crippen molar-refractivity contribution in [3.8, 4) is 0 Å². The molecule has 6 nitrogen and oxygen atoms in total. The van der Waals surface area contributed by atoms with E-state index in [1.165, 1.54) is 6.42 Å². The van der Waals surface area contributed by atoms with Crippen LogP contribution in [0.25, 0.3) is 0 Å². The second-order valence-corrected chi connectivity index (χ2v) is 8.36. The number of carbonyl (C=O) groups is 2. The van der Waals surface area contributed by atoms with Gasteiger partial charge in [-0.05, 0) is 49.8 Å². The van der Waals surface area contributed by atoms with E-state index < -0.39 is 0 Å². The molecule has 1 N–H and O–H groups in total. The second kappa shape index (κ2) is 7.50. The van der Waals surface area contributed by atoms with Crippen molar-refractivity contribution in [3.63, 3.8) is 0 Å². The number of para-hydroxylation sites is 1. The lowest BCUT2D eigenvalue weighted by Crippen LogP contribution is -2.50. The molecular weight excluding hydrogens is 340 g/mol. The molecule has 1 atom stereocenters. The molecule has 0 radical (unpaired) electrons. The molecule has 1 unspecified atom stereocenters. The van der Waals surface area contributed by atoms with E-state index in [-0.39, 0.29) is 17.9 Å². The van der Waals surface area contributed by atoms with E-state index in [4.69, 9.17) is 0 Å². The number of nitrogens with zero attached hydrogens (tertiary/aromatic N) is 3. The Morgan fingerprint density at radius 2 is 1.74 bits per heavy atom. The molecule has 6 heteroatoms. The molecule has 1 aromatic carbocycles. The molecule has 1 aromatic rings. The molecule has 0 bridgehead atoms. The number of amides is 2. The van der Waals surface area contributed by atoms with Crippen molar-refractivity contribution in [1.82, 2.24) is 15.1 Å². The Morgan fingerprint density at radius 3 is 2.41 bits per heavy atom. The van der Waals surface area contributed by atoms with Crippen LogP contribution in [-0.2, 0) is 9.59 Å². The van der Waals surface area contributed by atoms with Gasteiger partial charge in [0.25, 0.3) is 0 Å². The lowest BCUT2D eigenvalue weighted by atomic mass is 9.78. The Balaban J connectivity index is 1.31. The van der Waals surface area contributed by atoms with Crippen LogP contribution < -0.4 is 10.2 Å². The van der Waals surface area contributed by atoms with Gasteiger partial charge in [-0.15, -0.1) is 0 Å². The van der Waals surface area contributed by atoms with Crippen LogP contribution in [0.5, 0.6) is 0 Å². The summed E-state index contributed by atoms with van der Waals surface area (Å²) >= 11 is 0. The molecule has 3 saturated heterocycles. The second-order valence-electron chi connectivity index (χ2n) is 8.36. The highest BCUT2D eigenvalue weighted by atomic mass is 16.2. The summed E-state index contributed by atoms with van der Waals surface area (Å²) in [5.41, 5.74) is 1.51. The molecule has 0 aromatic heterocycles. The minimum atomic E-state index is -0.320. The number of hydrogen-bond acceptors (Lipinski definition) is 4. The number of carbonyl (C=O) groups excluding carboxylic acids is 2. The summed E-state index contributed by atoms with van der Waals surface area (Å²) in [6, 6.07) is 10.5. The van der Waals surface area contributed by atoms with Gasteiger partial charge in [-0.25, -0.2) is 0 Å². The average Bonchev–Trinajstić information content (AvgIpc) is 3.38. The summed E-state index contributed by atoms with van der Waals surface area (Å²) in [5, 5.41) is 3.44. The van der Waals surface area contributed by atoms with Gasteiger partial charge in [0.15, 0.2) is 0 Å². The zero-order chi connectivity index (χ0) is 18.9. The number of rotatable bonds is 2. The molecule has 146 valence electrons. The van der Waals surface area contributed by atoms with E-state index in [1.54, 1.807) is 9.80 Å². The average molecular weight is 370 g/mol. The highest BCUT2D eigenvalue weighted by Crippen LogP contribution is 2.37. The minimum Gasteiger partial charge on any atom is -0.370 e. The fourth-order valence-corrected chi connectivity index (χ4v) is 4.79. The largest absolute Gasteiger partial charge is 0.370 e. The molecule has 0 aliphatic carbocycles. The fraction of sp³-hybridized carbons (Fsp3) is 0.619. The van der Waals surface area contributed by atoms with Crippen LogP contribution in [0.15, 0.2) is 30.3 Å². The van der Waals surface area contributed by atoms with Crippen LogP contribution in [-0.4, -0.2) is 74.0 Å². The molecule has 3 fully saturated rings. The molecule has 3 aliphatic rings. The molecule has 2 amide bonds. The Hall–Kier alpha value is -2.08. The zero-order valence-electron chi connectivity index (χ0n) is 16.2. The first-order chi connectivity index (χ1) is 13.1. The highest BCUT2D eigenvalue weighted by molar-refractivity contribution is 6.35. The third-order valence-electron chi connectivity index (χ3n) is 6.79. The first-order valence-corrected chi connectivity index (χ1v) is 10.1. The SMILES string of the molecule is CN(c1ccccc1)C1CCN(C(=O)C(=O)N2CCC3(CCNC3)CC2)C1. The summed E-state index contributed by atoms with van der Waals surface area (Å²) in [6.07, 6.45) is 4.12. The van der Waals surface area contributed by atoms with E-state index in [9.17, 15) is 9.59 Å². The maximum absolute atomic E-state index is 12.8. The highest BCUT2D eigenvalue weighted by Gasteiger charge is 2.40. The van der Waals surface area contributed by atoms with Crippen molar-refractivity contribution in [2.75, 3.05) is 51.2 Å². The maximum Gasteiger partial charge on any atom is 0.312 e. The third-order valence-corrected chi connectivity index (χ3v) is 6.79. The lowest BCUT2D eigenvalue weighted by Gasteiger charge is -2.39. The van der Waals surface area contributed by atoms with Gasteiger partial charge in [0.2, 0.25) is 0 Å². The number of benzene rings is 1. The Morgan fingerprint density at radius 1 is 1.04 bits per heavy atom. The van der Waals surface area contributed by atoms with Crippen molar-refractivity contribution in [2.24, 2.45) is 5.41 Å². The van der Waals surface area contributed by atoms with E-state index >= 15 is 0 Å². The molecule has 1 spiro atoms.